The Morgan fingerprint density at radius 3 is 0.876 bits per heavy atom. The number of ether oxygens (including phenoxy) is 2. The molecule has 15 rings (SSSR count). The predicted octanol–water partition coefficient (Wildman–Crippen LogP) is 18.4. The first-order valence-corrected chi connectivity index (χ1v) is 30.7. The van der Waals surface area contributed by atoms with Crippen LogP contribution >= 0.6 is 0 Å². The second-order valence-electron chi connectivity index (χ2n) is 23.4. The molecule has 0 amide bonds. The summed E-state index contributed by atoms with van der Waals surface area (Å²) in [6, 6.07) is 96.9. The number of aliphatic hydroxyl groups is 1. The fourth-order valence-electron chi connectivity index (χ4n) is 14.3. The number of hydrogen-bond acceptors (Lipinski definition) is 6. The number of rotatable bonds is 12. The van der Waals surface area contributed by atoms with Crippen LogP contribution in [0.4, 0.5) is 0 Å². The van der Waals surface area contributed by atoms with E-state index in [0.29, 0.717) is 18.1 Å². The summed E-state index contributed by atoms with van der Waals surface area (Å²) in [6.45, 7) is 9.10. The maximum Gasteiger partial charge on any atom is 0.119 e. The maximum absolute atomic E-state index is 10.2. The van der Waals surface area contributed by atoms with Crippen molar-refractivity contribution in [3.63, 3.8) is 0 Å². The van der Waals surface area contributed by atoms with Crippen LogP contribution in [-0.2, 0) is 16.2 Å². The molecule has 0 aliphatic heterocycles. The number of hydrogen-bond donors (Lipinski definition) is 4. The molecular formula is C83H70O6. The monoisotopic (exact) mass is 1160 g/mol. The van der Waals surface area contributed by atoms with Crippen LogP contribution in [0.1, 0.15) is 96.8 Å². The molecule has 4 N–H and O–H groups in total. The van der Waals surface area contributed by atoms with Gasteiger partial charge in [-0.15, -0.1) is 0 Å². The van der Waals surface area contributed by atoms with Gasteiger partial charge in [-0.2, -0.15) is 0 Å². The van der Waals surface area contributed by atoms with Gasteiger partial charge in [-0.1, -0.05) is 243 Å². The summed E-state index contributed by atoms with van der Waals surface area (Å²) in [4.78, 5) is 0. The Kier molecular flexibility index (Phi) is 15.6. The van der Waals surface area contributed by atoms with E-state index in [-0.39, 0.29) is 24.4 Å². The Hall–Kier alpha value is -10.4. The summed E-state index contributed by atoms with van der Waals surface area (Å²) in [5, 5.41) is 39.3. The fraction of sp³-hybridized carbons (Fsp3) is 0.133. The number of phenols is 3. The summed E-state index contributed by atoms with van der Waals surface area (Å²) < 4.78 is 11.5. The van der Waals surface area contributed by atoms with E-state index in [2.05, 4.69) is 232 Å². The summed E-state index contributed by atoms with van der Waals surface area (Å²) in [5.74, 6) is 2.53. The third-order valence-electron chi connectivity index (χ3n) is 18.3. The van der Waals surface area contributed by atoms with Gasteiger partial charge >= 0.3 is 0 Å². The van der Waals surface area contributed by atoms with E-state index >= 15 is 0 Å². The lowest BCUT2D eigenvalue weighted by molar-refractivity contribution is 0.201. The molecule has 12 aromatic rings. The summed E-state index contributed by atoms with van der Waals surface area (Å²) in [7, 11) is 0. The lowest BCUT2D eigenvalue weighted by atomic mass is 9.67. The second-order valence-corrected chi connectivity index (χ2v) is 23.4. The van der Waals surface area contributed by atoms with Crippen molar-refractivity contribution >= 4 is 0 Å². The number of fused-ring (bicyclic) bond motifs is 9. The highest BCUT2D eigenvalue weighted by Gasteiger charge is 2.49. The lowest BCUT2D eigenvalue weighted by Gasteiger charge is -2.34. The molecular weight excluding hydrogens is 1090 g/mol. The topological polar surface area (TPSA) is 99.4 Å². The zero-order valence-corrected chi connectivity index (χ0v) is 50.5. The molecule has 3 aliphatic carbocycles. The molecule has 0 saturated heterocycles. The van der Waals surface area contributed by atoms with Crippen molar-refractivity contribution < 1.29 is 29.9 Å². The first kappa shape index (κ1) is 57.7. The molecule has 0 unspecified atom stereocenters. The zero-order valence-electron chi connectivity index (χ0n) is 50.5. The van der Waals surface area contributed by atoms with Crippen molar-refractivity contribution in [2.75, 3.05) is 19.8 Å². The molecule has 6 heteroatoms. The molecule has 438 valence electrons. The van der Waals surface area contributed by atoms with Crippen LogP contribution in [0.15, 0.2) is 279 Å². The van der Waals surface area contributed by atoms with Crippen LogP contribution in [0.5, 0.6) is 28.7 Å². The van der Waals surface area contributed by atoms with E-state index in [1.807, 2.05) is 50.2 Å². The first-order chi connectivity index (χ1) is 43.5. The van der Waals surface area contributed by atoms with Crippen LogP contribution in [0.3, 0.4) is 0 Å². The zero-order chi connectivity index (χ0) is 61.3. The summed E-state index contributed by atoms with van der Waals surface area (Å²) in [5.41, 5.74) is 23.7. The molecule has 6 nitrogen and oxygen atoms in total. The lowest BCUT2D eigenvalue weighted by Crippen LogP contribution is -2.28. The van der Waals surface area contributed by atoms with Gasteiger partial charge in [0, 0.05) is 0 Å². The Bertz CT molecular complexity index is 4230. The van der Waals surface area contributed by atoms with Gasteiger partial charge < -0.3 is 29.9 Å². The third kappa shape index (κ3) is 9.72. The second kappa shape index (κ2) is 24.0. The average molecular weight is 1160 g/mol. The van der Waals surface area contributed by atoms with Crippen LogP contribution in [0.25, 0.3) is 33.4 Å². The molecule has 0 saturated carbocycles. The molecule has 0 radical (unpaired) electrons. The third-order valence-corrected chi connectivity index (χ3v) is 18.3. The molecule has 0 heterocycles. The van der Waals surface area contributed by atoms with Crippen molar-refractivity contribution in [2.45, 2.75) is 50.4 Å². The minimum Gasteiger partial charge on any atom is -0.508 e. The molecule has 0 aromatic heterocycles. The number of benzene rings is 12. The Morgan fingerprint density at radius 2 is 0.573 bits per heavy atom. The summed E-state index contributed by atoms with van der Waals surface area (Å²) in [6.07, 6.45) is 0.983. The van der Waals surface area contributed by atoms with Gasteiger partial charge in [0.15, 0.2) is 0 Å². The van der Waals surface area contributed by atoms with E-state index in [1.54, 1.807) is 24.3 Å². The van der Waals surface area contributed by atoms with Crippen LogP contribution in [0.2, 0.25) is 0 Å². The number of aryl methyl sites for hydroxylation is 3. The number of aromatic hydroxyl groups is 3. The highest BCUT2D eigenvalue weighted by atomic mass is 16.5. The van der Waals surface area contributed by atoms with Crippen LogP contribution in [-0.4, -0.2) is 40.2 Å². The summed E-state index contributed by atoms with van der Waals surface area (Å²) >= 11 is 0. The Morgan fingerprint density at radius 1 is 0.303 bits per heavy atom. The first-order valence-electron chi connectivity index (χ1n) is 30.7. The highest BCUT2D eigenvalue weighted by Crippen LogP contribution is 2.59. The van der Waals surface area contributed by atoms with Gasteiger partial charge in [-0.25, -0.2) is 0 Å². The minimum absolute atomic E-state index is 0.00110. The van der Waals surface area contributed by atoms with Crippen molar-refractivity contribution in [2.24, 2.45) is 0 Å². The van der Waals surface area contributed by atoms with E-state index in [1.165, 1.54) is 94.6 Å². The quantitative estimate of drug-likeness (QED) is 0.0973. The Labute approximate surface area is 521 Å². The smallest absolute Gasteiger partial charge is 0.119 e. The van der Waals surface area contributed by atoms with Crippen LogP contribution < -0.4 is 9.47 Å². The SMILES string of the molecule is CCCOc1ccc(C2(c3ccc(OCCO)cc3)c3ccccc3-c3ccccc32)cc1.Cc1cc(C2(c3ccc(O)c(C)c3)c3ccccc3-c3ccccc32)ccc1O.Cc1ccc(C2(c3ccc(O)cc3)c3ccccc3-c3ccccc32)cc1. The molecule has 0 atom stereocenters. The predicted molar refractivity (Wildman–Crippen MR) is 359 cm³/mol. The minimum atomic E-state index is -0.510. The van der Waals surface area contributed by atoms with Gasteiger partial charge in [0.05, 0.1) is 29.5 Å². The largest absolute Gasteiger partial charge is 0.508 e. The van der Waals surface area contributed by atoms with Crippen molar-refractivity contribution in [1.82, 2.24) is 0 Å². The van der Waals surface area contributed by atoms with Crippen molar-refractivity contribution in [3.8, 4) is 62.1 Å². The maximum atomic E-state index is 10.2. The van der Waals surface area contributed by atoms with Crippen molar-refractivity contribution in [1.29, 1.82) is 0 Å². The van der Waals surface area contributed by atoms with Gasteiger partial charge in [0.2, 0.25) is 0 Å². The average Bonchev–Trinajstić information content (AvgIpc) is 1.61. The van der Waals surface area contributed by atoms with E-state index in [9.17, 15) is 15.3 Å². The van der Waals surface area contributed by atoms with E-state index in [0.717, 1.165) is 40.2 Å². The molecule has 89 heavy (non-hydrogen) atoms. The van der Waals surface area contributed by atoms with Crippen molar-refractivity contribution in [3.05, 3.63) is 363 Å². The molecule has 0 fully saturated rings. The number of phenolic OH excluding ortho intramolecular Hbond substituents is 3. The van der Waals surface area contributed by atoms with Gasteiger partial charge in [-0.3, -0.25) is 0 Å². The molecule has 0 bridgehead atoms. The normalized spacial score (nSPS) is 13.6. The van der Waals surface area contributed by atoms with E-state index in [4.69, 9.17) is 14.6 Å². The Balaban J connectivity index is 0.000000123. The number of aliphatic hydroxyl groups excluding tert-OH is 1. The fourth-order valence-corrected chi connectivity index (χ4v) is 14.3. The van der Waals surface area contributed by atoms with Gasteiger partial charge in [0.1, 0.15) is 35.4 Å². The van der Waals surface area contributed by atoms with Crippen LogP contribution in [0, 0.1) is 20.8 Å². The standard InChI is InChI=1S/C30H28O3.C27H22O2.C26H20O/c1-2-20-32-24-15-11-22(12-16-24)30(23-13-17-25(18-14-23)33-21-19-31)28-9-5-3-7-26(28)27-8-4-6-10-29(27)30;1-17-15-19(11-13-25(17)28)27(20-12-14-26(29)18(2)16-20)23-9-5-3-7-21(23)22-8-4-6-10-24(22)27;1-18-10-12-19(13-11-18)26(20-14-16-21(27)17-15-20)24-8-4-2-6-22(24)23-7-3-5-9-25(23)26/h3-18,31H,2,19-21H2,1H3;3-16,28-29H,1-2H3;2-17,27H,1H3. The molecule has 0 spiro atoms. The van der Waals surface area contributed by atoms with Gasteiger partial charge in [-0.05, 0) is 187 Å². The highest BCUT2D eigenvalue weighted by molar-refractivity contribution is 5.89. The van der Waals surface area contributed by atoms with Gasteiger partial charge in [0.25, 0.3) is 0 Å². The van der Waals surface area contributed by atoms with E-state index < -0.39 is 10.8 Å². The molecule has 12 aromatic carbocycles. The molecule has 3 aliphatic rings.